The summed E-state index contributed by atoms with van der Waals surface area (Å²) < 4.78 is 0. The van der Waals surface area contributed by atoms with E-state index in [0.29, 0.717) is 12.1 Å². The van der Waals surface area contributed by atoms with Crippen molar-refractivity contribution in [2.24, 2.45) is 4.99 Å². The molecule has 0 aromatic heterocycles. The first kappa shape index (κ1) is 20.7. The van der Waals surface area contributed by atoms with E-state index in [2.05, 4.69) is 48.0 Å². The number of anilines is 1. The SMILES string of the molecule is CC1(C)C(=CC=C2C=Nc3ccccc32)N(Cc2cc([N+](=O)[O-])ccc2O)c2ccccc21. The molecule has 3 aromatic rings. The molecule has 164 valence electrons. The first-order valence-electron chi connectivity index (χ1n) is 10.8. The summed E-state index contributed by atoms with van der Waals surface area (Å²) in [6.45, 7) is 4.65. The molecule has 5 rings (SSSR count). The van der Waals surface area contributed by atoms with Crippen LogP contribution in [0, 0.1) is 10.1 Å². The van der Waals surface area contributed by atoms with Gasteiger partial charge in [-0.3, -0.25) is 15.1 Å². The highest BCUT2D eigenvalue weighted by Crippen LogP contribution is 2.49. The van der Waals surface area contributed by atoms with Crippen molar-refractivity contribution in [3.63, 3.8) is 0 Å². The number of non-ortho nitro benzene ring substituents is 1. The van der Waals surface area contributed by atoms with Gasteiger partial charge in [0, 0.05) is 51.8 Å². The molecule has 1 N–H and O–H groups in total. The van der Waals surface area contributed by atoms with Gasteiger partial charge in [-0.2, -0.15) is 0 Å². The van der Waals surface area contributed by atoms with Crippen LogP contribution in [0.4, 0.5) is 17.1 Å². The van der Waals surface area contributed by atoms with E-state index in [1.54, 1.807) is 0 Å². The van der Waals surface area contributed by atoms with Gasteiger partial charge in [-0.25, -0.2) is 0 Å². The number of nitro groups is 1. The number of aromatic hydroxyl groups is 1. The van der Waals surface area contributed by atoms with Gasteiger partial charge in [-0.1, -0.05) is 56.3 Å². The number of nitrogens with zero attached hydrogens (tertiary/aromatic N) is 3. The third-order valence-electron chi connectivity index (χ3n) is 6.38. The number of fused-ring (bicyclic) bond motifs is 2. The molecule has 0 spiro atoms. The lowest BCUT2D eigenvalue weighted by Gasteiger charge is -2.27. The number of para-hydroxylation sites is 2. The average Bonchev–Trinajstić information content (AvgIpc) is 3.30. The van der Waals surface area contributed by atoms with E-state index in [4.69, 9.17) is 0 Å². The lowest BCUT2D eigenvalue weighted by molar-refractivity contribution is -0.384. The molecule has 0 saturated carbocycles. The first-order chi connectivity index (χ1) is 15.9. The van der Waals surface area contributed by atoms with Crippen LogP contribution in [-0.4, -0.2) is 16.2 Å². The van der Waals surface area contributed by atoms with Gasteiger partial charge in [0.1, 0.15) is 5.75 Å². The van der Waals surface area contributed by atoms with Crippen LogP contribution in [0.1, 0.15) is 30.5 Å². The Kier molecular flexibility index (Phi) is 4.86. The van der Waals surface area contributed by atoms with Crippen LogP contribution in [0.2, 0.25) is 0 Å². The molecule has 0 saturated heterocycles. The van der Waals surface area contributed by atoms with Gasteiger partial charge in [-0.05, 0) is 29.8 Å². The van der Waals surface area contributed by atoms with E-state index in [1.165, 1.54) is 23.8 Å². The summed E-state index contributed by atoms with van der Waals surface area (Å²) in [5.74, 6) is 0.0392. The van der Waals surface area contributed by atoms with E-state index >= 15 is 0 Å². The highest BCUT2D eigenvalue weighted by molar-refractivity contribution is 6.16. The average molecular weight is 437 g/mol. The van der Waals surface area contributed by atoms with Gasteiger partial charge in [0.25, 0.3) is 5.69 Å². The smallest absolute Gasteiger partial charge is 0.270 e. The second-order valence-corrected chi connectivity index (χ2v) is 8.75. The molecule has 0 fully saturated rings. The number of benzene rings is 3. The predicted octanol–water partition coefficient (Wildman–Crippen LogP) is 6.28. The normalized spacial score (nSPS) is 18.1. The Labute approximate surface area is 192 Å². The fourth-order valence-electron chi connectivity index (χ4n) is 4.63. The molecular formula is C27H23N3O3. The number of aliphatic imine (C=N–C) groups is 1. The van der Waals surface area contributed by atoms with Crippen molar-refractivity contribution in [2.45, 2.75) is 25.8 Å². The largest absolute Gasteiger partial charge is 0.508 e. The summed E-state index contributed by atoms with van der Waals surface area (Å²) in [6, 6.07) is 20.3. The number of hydrogen-bond acceptors (Lipinski definition) is 5. The number of rotatable bonds is 4. The van der Waals surface area contributed by atoms with E-state index in [-0.39, 0.29) is 16.9 Å². The third-order valence-corrected chi connectivity index (χ3v) is 6.38. The molecule has 2 aliphatic rings. The lowest BCUT2D eigenvalue weighted by atomic mass is 9.83. The number of nitro benzene ring substituents is 1. The van der Waals surface area contributed by atoms with Crippen LogP contribution >= 0.6 is 0 Å². The number of hydrogen-bond donors (Lipinski definition) is 1. The second-order valence-electron chi connectivity index (χ2n) is 8.75. The predicted molar refractivity (Wildman–Crippen MR) is 131 cm³/mol. The summed E-state index contributed by atoms with van der Waals surface area (Å²) in [4.78, 5) is 17.5. The van der Waals surface area contributed by atoms with Gasteiger partial charge in [0.15, 0.2) is 0 Å². The molecule has 0 unspecified atom stereocenters. The Morgan fingerprint density at radius 1 is 1.06 bits per heavy atom. The Hall–Kier alpha value is -4.19. The maximum atomic E-state index is 11.3. The van der Waals surface area contributed by atoms with Gasteiger partial charge in [0.2, 0.25) is 0 Å². The summed E-state index contributed by atoms with van der Waals surface area (Å²) in [5.41, 5.74) is 6.48. The highest BCUT2D eigenvalue weighted by atomic mass is 16.6. The van der Waals surface area contributed by atoms with Crippen molar-refractivity contribution in [3.8, 4) is 5.75 Å². The van der Waals surface area contributed by atoms with Gasteiger partial charge in [0.05, 0.1) is 17.2 Å². The molecule has 6 nitrogen and oxygen atoms in total. The van der Waals surface area contributed by atoms with Crippen molar-refractivity contribution < 1.29 is 10.0 Å². The molecule has 3 aromatic carbocycles. The first-order valence-corrected chi connectivity index (χ1v) is 10.8. The van der Waals surface area contributed by atoms with Gasteiger partial charge < -0.3 is 10.0 Å². The molecular weight excluding hydrogens is 414 g/mol. The standard InChI is InChI=1S/C27H23N3O3/c1-27(2)22-8-4-6-10-24(22)29(17-19-15-20(30(32)33)12-13-25(19)31)26(27)14-11-18-16-28-23-9-5-3-7-21(18)23/h3-16,31H,17H2,1-2H3. The van der Waals surface area contributed by atoms with E-state index in [0.717, 1.165) is 28.2 Å². The number of allylic oxidation sites excluding steroid dienone is 4. The highest BCUT2D eigenvalue weighted by Gasteiger charge is 2.40. The Morgan fingerprint density at radius 3 is 2.64 bits per heavy atom. The molecule has 0 amide bonds. The zero-order valence-corrected chi connectivity index (χ0v) is 18.4. The zero-order valence-electron chi connectivity index (χ0n) is 18.4. The summed E-state index contributed by atoms with van der Waals surface area (Å²) >= 11 is 0. The minimum Gasteiger partial charge on any atom is -0.508 e. The quantitative estimate of drug-likeness (QED) is 0.385. The zero-order chi connectivity index (χ0) is 23.2. The van der Waals surface area contributed by atoms with Crippen LogP contribution in [0.5, 0.6) is 5.75 Å². The fourth-order valence-corrected chi connectivity index (χ4v) is 4.63. The number of phenols is 1. The third kappa shape index (κ3) is 3.49. The van der Waals surface area contributed by atoms with Crippen LogP contribution in [-0.2, 0) is 12.0 Å². The van der Waals surface area contributed by atoms with Crippen molar-refractivity contribution in [3.05, 3.63) is 111 Å². The molecule has 0 atom stereocenters. The lowest BCUT2D eigenvalue weighted by Crippen LogP contribution is -2.25. The molecule has 0 radical (unpaired) electrons. The topological polar surface area (TPSA) is 79.0 Å². The Balaban J connectivity index is 1.60. The minimum atomic E-state index is -0.442. The molecule has 33 heavy (non-hydrogen) atoms. The maximum absolute atomic E-state index is 11.3. The minimum absolute atomic E-state index is 0.0392. The Bertz CT molecular complexity index is 1370. The van der Waals surface area contributed by atoms with Crippen LogP contribution in [0.25, 0.3) is 5.57 Å². The molecule has 0 bridgehead atoms. The van der Waals surface area contributed by atoms with Crippen LogP contribution in [0.3, 0.4) is 0 Å². The summed E-state index contributed by atoms with van der Waals surface area (Å²) in [5, 5.41) is 21.8. The second kappa shape index (κ2) is 7.74. The van der Waals surface area contributed by atoms with Crippen LogP contribution in [0.15, 0.2) is 89.6 Å². The van der Waals surface area contributed by atoms with Gasteiger partial charge >= 0.3 is 0 Å². The summed E-state index contributed by atoms with van der Waals surface area (Å²) in [6.07, 6.45) is 6.03. The van der Waals surface area contributed by atoms with Crippen molar-refractivity contribution in [1.29, 1.82) is 0 Å². The van der Waals surface area contributed by atoms with Crippen molar-refractivity contribution >= 4 is 28.8 Å². The fraction of sp³-hybridized carbons (Fsp3) is 0.148. The van der Waals surface area contributed by atoms with Gasteiger partial charge in [-0.15, -0.1) is 0 Å². The maximum Gasteiger partial charge on any atom is 0.270 e. The van der Waals surface area contributed by atoms with E-state index < -0.39 is 4.92 Å². The monoisotopic (exact) mass is 437 g/mol. The molecule has 6 heteroatoms. The van der Waals surface area contributed by atoms with E-state index in [9.17, 15) is 15.2 Å². The van der Waals surface area contributed by atoms with Crippen LogP contribution < -0.4 is 4.90 Å². The Morgan fingerprint density at radius 2 is 1.82 bits per heavy atom. The molecule has 2 heterocycles. The van der Waals surface area contributed by atoms with E-state index in [1.807, 2.05) is 42.6 Å². The molecule has 0 aliphatic carbocycles. The van der Waals surface area contributed by atoms with Crippen molar-refractivity contribution in [2.75, 3.05) is 4.90 Å². The van der Waals surface area contributed by atoms with Crippen molar-refractivity contribution in [1.82, 2.24) is 0 Å². The number of phenolic OH excluding ortho intramolecular Hbond substituents is 1. The summed E-state index contributed by atoms with van der Waals surface area (Å²) in [7, 11) is 0. The molecule has 2 aliphatic heterocycles.